The molecule has 0 aliphatic carbocycles. The Morgan fingerprint density at radius 2 is 2.11 bits per heavy atom. The van der Waals surface area contributed by atoms with Gasteiger partial charge in [-0.25, -0.2) is 0 Å². The Balaban J connectivity index is 2.42. The highest BCUT2D eigenvalue weighted by Gasteiger charge is 2.40. The maximum absolute atomic E-state index is 13.0. The number of rotatable bonds is 2. The van der Waals surface area contributed by atoms with Gasteiger partial charge in [-0.05, 0) is 24.6 Å². The van der Waals surface area contributed by atoms with Crippen molar-refractivity contribution in [3.8, 4) is 0 Å². The van der Waals surface area contributed by atoms with Crippen LogP contribution >= 0.6 is 15.9 Å². The lowest BCUT2D eigenvalue weighted by atomic mass is 10.1. The molecule has 1 atom stereocenters. The van der Waals surface area contributed by atoms with E-state index in [1.54, 1.807) is 19.1 Å². The fourth-order valence-electron chi connectivity index (χ4n) is 2.21. The highest BCUT2D eigenvalue weighted by atomic mass is 79.9. The van der Waals surface area contributed by atoms with Gasteiger partial charge in [0.2, 0.25) is 5.91 Å². The molecule has 1 amide bonds. The molecule has 0 spiro atoms. The standard InChI is InChI=1S/C11H12BrFN2O3S/c1-6-2-7(12)3-9(14)11(6)15-5-8(4-10(15)16)19(13,17)18/h2-3,8H,4-5,14H2,1H3. The van der Waals surface area contributed by atoms with Crippen molar-refractivity contribution in [3.63, 3.8) is 0 Å². The van der Waals surface area contributed by atoms with E-state index in [1.165, 1.54) is 4.90 Å². The van der Waals surface area contributed by atoms with Crippen LogP contribution in [0.25, 0.3) is 0 Å². The van der Waals surface area contributed by atoms with Crippen LogP contribution in [-0.4, -0.2) is 26.1 Å². The van der Waals surface area contributed by atoms with Gasteiger partial charge in [0.15, 0.2) is 0 Å². The van der Waals surface area contributed by atoms with Crippen LogP contribution in [0.15, 0.2) is 16.6 Å². The van der Waals surface area contributed by atoms with Crippen molar-refractivity contribution in [2.75, 3.05) is 17.2 Å². The van der Waals surface area contributed by atoms with E-state index in [4.69, 9.17) is 5.73 Å². The van der Waals surface area contributed by atoms with E-state index in [0.29, 0.717) is 11.4 Å². The second-order valence-corrected chi connectivity index (χ2v) is 7.00. The maximum atomic E-state index is 13.0. The average Bonchev–Trinajstić information content (AvgIpc) is 2.59. The van der Waals surface area contributed by atoms with Crippen molar-refractivity contribution in [3.05, 3.63) is 22.2 Å². The first-order valence-corrected chi connectivity index (χ1v) is 7.73. The largest absolute Gasteiger partial charge is 0.397 e. The number of benzene rings is 1. The molecule has 1 saturated heterocycles. The van der Waals surface area contributed by atoms with Gasteiger partial charge in [-0.2, -0.15) is 8.42 Å². The summed E-state index contributed by atoms with van der Waals surface area (Å²) in [5.41, 5.74) is 7.36. The van der Waals surface area contributed by atoms with Crippen molar-refractivity contribution in [2.45, 2.75) is 18.6 Å². The van der Waals surface area contributed by atoms with Crippen molar-refractivity contribution < 1.29 is 17.1 Å². The number of halogens is 2. The molecule has 5 nitrogen and oxygen atoms in total. The van der Waals surface area contributed by atoms with Crippen molar-refractivity contribution in [1.29, 1.82) is 0 Å². The van der Waals surface area contributed by atoms with Gasteiger partial charge in [0.05, 0.1) is 11.4 Å². The Hall–Kier alpha value is -1.15. The molecular weight excluding hydrogens is 339 g/mol. The lowest BCUT2D eigenvalue weighted by molar-refractivity contribution is -0.117. The van der Waals surface area contributed by atoms with Gasteiger partial charge < -0.3 is 10.6 Å². The number of nitrogens with two attached hydrogens (primary N) is 1. The van der Waals surface area contributed by atoms with Crippen molar-refractivity contribution in [2.24, 2.45) is 0 Å². The van der Waals surface area contributed by atoms with Crippen LogP contribution in [0.2, 0.25) is 0 Å². The number of carbonyl (C=O) groups excluding carboxylic acids is 1. The van der Waals surface area contributed by atoms with Gasteiger partial charge in [0.1, 0.15) is 5.25 Å². The van der Waals surface area contributed by atoms with Crippen LogP contribution in [0.1, 0.15) is 12.0 Å². The second-order valence-electron chi connectivity index (χ2n) is 4.47. The molecule has 104 valence electrons. The summed E-state index contributed by atoms with van der Waals surface area (Å²) >= 11 is 3.28. The fraction of sp³-hybridized carbons (Fsp3) is 0.364. The topological polar surface area (TPSA) is 80.5 Å². The number of hydrogen-bond donors (Lipinski definition) is 1. The van der Waals surface area contributed by atoms with E-state index >= 15 is 0 Å². The molecule has 0 aromatic heterocycles. The molecule has 1 aromatic carbocycles. The number of nitrogens with zero attached hydrogens (tertiary/aromatic N) is 1. The highest BCUT2D eigenvalue weighted by molar-refractivity contribution is 9.10. The molecule has 8 heteroatoms. The Labute approximate surface area is 118 Å². The van der Waals surface area contributed by atoms with Crippen LogP contribution in [-0.2, 0) is 15.0 Å². The second kappa shape index (κ2) is 4.75. The maximum Gasteiger partial charge on any atom is 0.307 e. The van der Waals surface area contributed by atoms with E-state index in [0.717, 1.165) is 10.0 Å². The van der Waals surface area contributed by atoms with E-state index in [2.05, 4.69) is 15.9 Å². The molecular formula is C11H12BrFN2O3S. The summed E-state index contributed by atoms with van der Waals surface area (Å²) in [5.74, 6) is -0.441. The van der Waals surface area contributed by atoms with Crippen molar-refractivity contribution in [1.82, 2.24) is 0 Å². The van der Waals surface area contributed by atoms with Crippen molar-refractivity contribution >= 4 is 43.4 Å². The predicted molar refractivity (Wildman–Crippen MR) is 74.1 cm³/mol. The summed E-state index contributed by atoms with van der Waals surface area (Å²) in [4.78, 5) is 13.1. The molecule has 1 aliphatic rings. The zero-order valence-electron chi connectivity index (χ0n) is 10.1. The number of nitrogen functional groups attached to an aromatic ring is 1. The third-order valence-electron chi connectivity index (χ3n) is 3.05. The normalized spacial score (nSPS) is 20.1. The van der Waals surface area contributed by atoms with Crippen LogP contribution in [0.4, 0.5) is 15.3 Å². The van der Waals surface area contributed by atoms with Gasteiger partial charge >= 0.3 is 10.2 Å². The minimum Gasteiger partial charge on any atom is -0.397 e. The average molecular weight is 351 g/mol. The number of aryl methyl sites for hydroxylation is 1. The fourth-order valence-corrected chi connectivity index (χ4v) is 3.47. The molecule has 1 aromatic rings. The molecule has 0 radical (unpaired) electrons. The van der Waals surface area contributed by atoms with E-state index in [1.807, 2.05) is 0 Å². The number of carbonyl (C=O) groups is 1. The monoisotopic (exact) mass is 350 g/mol. The van der Waals surface area contributed by atoms with Gasteiger partial charge in [-0.3, -0.25) is 4.79 Å². The van der Waals surface area contributed by atoms with Gasteiger partial charge in [0, 0.05) is 17.4 Å². The molecule has 1 aliphatic heterocycles. The lowest BCUT2D eigenvalue weighted by Crippen LogP contribution is -2.28. The minimum atomic E-state index is -4.72. The summed E-state index contributed by atoms with van der Waals surface area (Å²) in [6, 6.07) is 3.38. The minimum absolute atomic E-state index is 0.204. The number of anilines is 2. The molecule has 1 unspecified atom stereocenters. The van der Waals surface area contributed by atoms with Crippen LogP contribution < -0.4 is 10.6 Å². The Bertz CT molecular complexity index is 624. The van der Waals surface area contributed by atoms with Gasteiger partial charge in [0.25, 0.3) is 0 Å². The summed E-state index contributed by atoms with van der Waals surface area (Å²) < 4.78 is 35.5. The van der Waals surface area contributed by atoms with Gasteiger partial charge in [-0.1, -0.05) is 15.9 Å². The predicted octanol–water partition coefficient (Wildman–Crippen LogP) is 1.74. The SMILES string of the molecule is Cc1cc(Br)cc(N)c1N1CC(S(=O)(=O)F)CC1=O. The first kappa shape index (κ1) is 14.3. The lowest BCUT2D eigenvalue weighted by Gasteiger charge is -2.21. The molecule has 1 fully saturated rings. The molecule has 0 bridgehead atoms. The summed E-state index contributed by atoms with van der Waals surface area (Å²) in [6.07, 6.45) is -0.353. The summed E-state index contributed by atoms with van der Waals surface area (Å²) in [7, 11) is -4.72. The third kappa shape index (κ3) is 2.74. The molecule has 19 heavy (non-hydrogen) atoms. The third-order valence-corrected chi connectivity index (χ3v) is 4.62. The quantitative estimate of drug-likeness (QED) is 0.650. The molecule has 1 heterocycles. The number of amides is 1. The zero-order chi connectivity index (χ0) is 14.4. The van der Waals surface area contributed by atoms with Crippen LogP contribution in [0.5, 0.6) is 0 Å². The zero-order valence-corrected chi connectivity index (χ0v) is 12.5. The van der Waals surface area contributed by atoms with E-state index in [9.17, 15) is 17.1 Å². The Morgan fingerprint density at radius 1 is 1.47 bits per heavy atom. The molecule has 0 saturated carbocycles. The first-order valence-electron chi connectivity index (χ1n) is 5.49. The smallest absolute Gasteiger partial charge is 0.307 e. The molecule has 2 N–H and O–H groups in total. The van der Waals surface area contributed by atoms with E-state index < -0.39 is 21.4 Å². The first-order chi connectivity index (χ1) is 8.70. The summed E-state index contributed by atoms with van der Waals surface area (Å²) in [6.45, 7) is 1.55. The Kier molecular flexibility index (Phi) is 3.57. The Morgan fingerprint density at radius 3 is 2.58 bits per heavy atom. The molecule has 2 rings (SSSR count). The summed E-state index contributed by atoms with van der Waals surface area (Å²) in [5, 5.41) is -1.32. The van der Waals surface area contributed by atoms with Gasteiger partial charge in [-0.15, -0.1) is 3.89 Å². The van der Waals surface area contributed by atoms with Crippen LogP contribution in [0, 0.1) is 6.92 Å². The van der Waals surface area contributed by atoms with E-state index in [-0.39, 0.29) is 13.0 Å². The number of hydrogen-bond acceptors (Lipinski definition) is 4. The van der Waals surface area contributed by atoms with Crippen LogP contribution in [0.3, 0.4) is 0 Å². The highest BCUT2D eigenvalue weighted by Crippen LogP contribution is 2.35.